The summed E-state index contributed by atoms with van der Waals surface area (Å²) < 4.78 is 0. The van der Waals surface area contributed by atoms with Crippen molar-refractivity contribution < 1.29 is 9.72 Å². The molecular weight excluding hydrogens is 316 g/mol. The summed E-state index contributed by atoms with van der Waals surface area (Å²) in [6, 6.07) is 13.8. The summed E-state index contributed by atoms with van der Waals surface area (Å²) in [5, 5.41) is 13.6. The maximum atomic E-state index is 12.2. The van der Waals surface area contributed by atoms with Crippen LogP contribution in [0, 0.1) is 10.1 Å². The lowest BCUT2D eigenvalue weighted by atomic mass is 10.1. The molecule has 2 aromatic rings. The van der Waals surface area contributed by atoms with E-state index in [4.69, 9.17) is 11.6 Å². The van der Waals surface area contributed by atoms with Crippen LogP contribution in [0.4, 0.5) is 5.69 Å². The van der Waals surface area contributed by atoms with Gasteiger partial charge in [-0.15, -0.1) is 0 Å². The first-order chi connectivity index (χ1) is 11.0. The Morgan fingerprint density at radius 3 is 2.57 bits per heavy atom. The number of hydrogen-bond donors (Lipinski definition) is 1. The monoisotopic (exact) mass is 332 g/mol. The van der Waals surface area contributed by atoms with Crippen LogP contribution in [0.25, 0.3) is 0 Å². The summed E-state index contributed by atoms with van der Waals surface area (Å²) in [6.45, 7) is 1.92. The number of nitrogens with zero attached hydrogens (tertiary/aromatic N) is 1. The fourth-order valence-electron chi connectivity index (χ4n) is 2.20. The first-order valence-corrected chi connectivity index (χ1v) is 7.64. The number of carbonyl (C=O) groups excluding carboxylic acids is 1. The smallest absolute Gasteiger partial charge is 0.270 e. The third-order valence-corrected chi connectivity index (χ3v) is 3.81. The van der Waals surface area contributed by atoms with Crippen LogP contribution in [0.2, 0.25) is 5.02 Å². The van der Waals surface area contributed by atoms with E-state index in [9.17, 15) is 14.9 Å². The topological polar surface area (TPSA) is 72.2 Å². The predicted molar refractivity (Wildman–Crippen MR) is 89.8 cm³/mol. The fourth-order valence-corrected chi connectivity index (χ4v) is 2.46. The Morgan fingerprint density at radius 2 is 1.96 bits per heavy atom. The van der Waals surface area contributed by atoms with Crippen molar-refractivity contribution in [2.45, 2.75) is 25.8 Å². The van der Waals surface area contributed by atoms with Gasteiger partial charge in [-0.2, -0.15) is 0 Å². The first kappa shape index (κ1) is 17.0. The van der Waals surface area contributed by atoms with Crippen molar-refractivity contribution in [3.05, 3.63) is 74.8 Å². The average Bonchev–Trinajstić information content (AvgIpc) is 2.53. The highest BCUT2D eigenvalue weighted by Gasteiger charge is 2.16. The van der Waals surface area contributed by atoms with E-state index < -0.39 is 4.92 Å². The largest absolute Gasteiger partial charge is 0.350 e. The number of amides is 1. The number of nitro groups is 1. The van der Waals surface area contributed by atoms with Crippen LogP contribution in [0.3, 0.4) is 0 Å². The lowest BCUT2D eigenvalue weighted by molar-refractivity contribution is -0.384. The second-order valence-electron chi connectivity index (χ2n) is 5.32. The van der Waals surface area contributed by atoms with E-state index >= 15 is 0 Å². The molecule has 0 aromatic heterocycles. The van der Waals surface area contributed by atoms with Crippen LogP contribution in [-0.2, 0) is 6.42 Å². The first-order valence-electron chi connectivity index (χ1n) is 7.26. The van der Waals surface area contributed by atoms with E-state index in [0.717, 1.165) is 12.8 Å². The molecule has 1 atom stereocenters. The zero-order valence-corrected chi connectivity index (χ0v) is 13.4. The van der Waals surface area contributed by atoms with Crippen LogP contribution < -0.4 is 5.32 Å². The number of halogens is 1. The number of non-ortho nitro benzene ring substituents is 1. The summed E-state index contributed by atoms with van der Waals surface area (Å²) in [4.78, 5) is 22.3. The Kier molecular flexibility index (Phi) is 5.71. The standard InChI is InChI=1S/C17H17ClN2O3/c1-12(7-8-13-5-3-2-4-6-13)19-17(21)15-10-9-14(20(22)23)11-16(15)18/h2-6,9-12H,7-8H2,1H3,(H,19,21)/t12-/m0/s1. The van der Waals surface area contributed by atoms with Gasteiger partial charge in [0.1, 0.15) is 0 Å². The van der Waals surface area contributed by atoms with E-state index in [-0.39, 0.29) is 28.2 Å². The average molecular weight is 333 g/mol. The van der Waals surface area contributed by atoms with Crippen LogP contribution in [0.5, 0.6) is 0 Å². The fraction of sp³-hybridized carbons (Fsp3) is 0.235. The normalized spacial score (nSPS) is 11.7. The van der Waals surface area contributed by atoms with Gasteiger partial charge in [0, 0.05) is 18.2 Å². The lowest BCUT2D eigenvalue weighted by Crippen LogP contribution is -2.33. The van der Waals surface area contributed by atoms with Crippen molar-refractivity contribution >= 4 is 23.2 Å². The van der Waals surface area contributed by atoms with Gasteiger partial charge >= 0.3 is 0 Å². The van der Waals surface area contributed by atoms with E-state index in [2.05, 4.69) is 5.32 Å². The van der Waals surface area contributed by atoms with Crippen LogP contribution in [0.15, 0.2) is 48.5 Å². The van der Waals surface area contributed by atoms with E-state index in [1.807, 2.05) is 37.3 Å². The molecule has 0 fully saturated rings. The van der Waals surface area contributed by atoms with Crippen LogP contribution in [-0.4, -0.2) is 16.9 Å². The minimum Gasteiger partial charge on any atom is -0.350 e. The van der Waals surface area contributed by atoms with Gasteiger partial charge in [0.15, 0.2) is 0 Å². The molecule has 0 unspecified atom stereocenters. The Balaban J connectivity index is 1.94. The number of rotatable bonds is 6. The van der Waals surface area contributed by atoms with E-state index in [1.165, 1.54) is 23.8 Å². The second kappa shape index (κ2) is 7.74. The molecule has 0 aliphatic heterocycles. The maximum absolute atomic E-state index is 12.2. The van der Waals surface area contributed by atoms with E-state index in [1.54, 1.807) is 0 Å². The predicted octanol–water partition coefficient (Wildman–Crippen LogP) is 4.00. The van der Waals surface area contributed by atoms with Gasteiger partial charge in [-0.05, 0) is 31.4 Å². The molecule has 0 aliphatic rings. The minimum absolute atomic E-state index is 0.0334. The third-order valence-electron chi connectivity index (χ3n) is 3.49. The Labute approximate surface area is 139 Å². The Bertz CT molecular complexity index is 704. The van der Waals surface area contributed by atoms with Crippen molar-refractivity contribution in [2.75, 3.05) is 0 Å². The van der Waals surface area contributed by atoms with Crippen LogP contribution >= 0.6 is 11.6 Å². The van der Waals surface area contributed by atoms with Crippen molar-refractivity contribution in [3.8, 4) is 0 Å². The highest BCUT2D eigenvalue weighted by Crippen LogP contribution is 2.22. The highest BCUT2D eigenvalue weighted by molar-refractivity contribution is 6.34. The van der Waals surface area contributed by atoms with Gasteiger partial charge in [0.25, 0.3) is 11.6 Å². The number of benzene rings is 2. The van der Waals surface area contributed by atoms with Crippen molar-refractivity contribution in [2.24, 2.45) is 0 Å². The van der Waals surface area contributed by atoms with Gasteiger partial charge < -0.3 is 5.32 Å². The zero-order chi connectivity index (χ0) is 16.8. The molecule has 0 radical (unpaired) electrons. The summed E-state index contributed by atoms with van der Waals surface area (Å²) in [5.41, 5.74) is 1.31. The molecule has 0 spiro atoms. The Morgan fingerprint density at radius 1 is 1.26 bits per heavy atom. The Hall–Kier alpha value is -2.40. The molecule has 5 nitrogen and oxygen atoms in total. The number of hydrogen-bond acceptors (Lipinski definition) is 3. The number of carbonyl (C=O) groups is 1. The SMILES string of the molecule is C[C@@H](CCc1ccccc1)NC(=O)c1ccc([N+](=O)[O-])cc1Cl. The van der Waals surface area contributed by atoms with Crippen molar-refractivity contribution in [1.29, 1.82) is 0 Å². The summed E-state index contributed by atoms with van der Waals surface area (Å²) >= 11 is 5.96. The van der Waals surface area contributed by atoms with Gasteiger partial charge in [-0.3, -0.25) is 14.9 Å². The molecule has 120 valence electrons. The molecule has 0 saturated carbocycles. The minimum atomic E-state index is -0.546. The molecule has 0 saturated heterocycles. The number of aryl methyl sites for hydroxylation is 1. The molecule has 6 heteroatoms. The lowest BCUT2D eigenvalue weighted by Gasteiger charge is -2.14. The number of nitrogens with one attached hydrogen (secondary N) is 1. The summed E-state index contributed by atoms with van der Waals surface area (Å²) in [7, 11) is 0. The number of nitro benzene ring substituents is 1. The molecule has 2 aromatic carbocycles. The van der Waals surface area contributed by atoms with E-state index in [0.29, 0.717) is 0 Å². The van der Waals surface area contributed by atoms with Gasteiger partial charge in [-0.1, -0.05) is 41.9 Å². The maximum Gasteiger partial charge on any atom is 0.270 e. The molecule has 0 heterocycles. The summed E-state index contributed by atoms with van der Waals surface area (Å²) in [6.07, 6.45) is 1.65. The summed E-state index contributed by atoms with van der Waals surface area (Å²) in [5.74, 6) is -0.328. The molecule has 0 bridgehead atoms. The van der Waals surface area contributed by atoms with Crippen molar-refractivity contribution in [1.82, 2.24) is 5.32 Å². The molecule has 1 amide bonds. The van der Waals surface area contributed by atoms with Gasteiger partial charge in [0.05, 0.1) is 15.5 Å². The molecule has 2 rings (SSSR count). The van der Waals surface area contributed by atoms with Crippen molar-refractivity contribution in [3.63, 3.8) is 0 Å². The molecule has 1 N–H and O–H groups in total. The third kappa shape index (κ3) is 4.79. The quantitative estimate of drug-likeness (QED) is 0.642. The van der Waals surface area contributed by atoms with Gasteiger partial charge in [0.2, 0.25) is 0 Å². The molecule has 0 aliphatic carbocycles. The zero-order valence-electron chi connectivity index (χ0n) is 12.7. The highest BCUT2D eigenvalue weighted by atomic mass is 35.5. The second-order valence-corrected chi connectivity index (χ2v) is 5.73. The van der Waals surface area contributed by atoms with Gasteiger partial charge in [-0.25, -0.2) is 0 Å². The molecule has 23 heavy (non-hydrogen) atoms. The van der Waals surface area contributed by atoms with Crippen LogP contribution in [0.1, 0.15) is 29.3 Å². The molecular formula is C17H17ClN2O3.